The van der Waals surface area contributed by atoms with Gasteiger partial charge in [0.05, 0.1) is 18.0 Å². The largest absolute Gasteiger partial charge is 0.299 e. The fraction of sp³-hybridized carbons (Fsp3) is 0.286. The quantitative estimate of drug-likeness (QED) is 0.617. The molecule has 1 aliphatic rings. The molecule has 0 unspecified atom stereocenters. The minimum atomic E-state index is -0.00783. The summed E-state index contributed by atoms with van der Waals surface area (Å²) in [6.07, 6.45) is 5.74. The predicted octanol–water partition coefficient (Wildman–Crippen LogP) is 2.35. The number of rotatable bonds is 3. The summed E-state index contributed by atoms with van der Waals surface area (Å²) in [4.78, 5) is 26.1. The maximum Gasteiger partial charge on any atom is 0.238 e. The van der Waals surface area contributed by atoms with Crippen LogP contribution in [0.15, 0.2) is 23.1 Å². The third-order valence-electron chi connectivity index (χ3n) is 2.79. The van der Waals surface area contributed by atoms with E-state index < -0.39 is 0 Å². The second-order valence-electron chi connectivity index (χ2n) is 3.93. The zero-order valence-corrected chi connectivity index (χ0v) is 10.9. The second kappa shape index (κ2) is 5.28. The molecule has 0 radical (unpaired) electrons. The van der Waals surface area contributed by atoms with Gasteiger partial charge in [-0.3, -0.25) is 14.5 Å². The second-order valence-corrected chi connectivity index (χ2v) is 4.95. The molecule has 0 saturated heterocycles. The van der Waals surface area contributed by atoms with Gasteiger partial charge in [0.2, 0.25) is 5.91 Å². The van der Waals surface area contributed by atoms with Gasteiger partial charge in [0.15, 0.2) is 5.78 Å². The van der Waals surface area contributed by atoms with Crippen LogP contribution in [0.5, 0.6) is 0 Å². The van der Waals surface area contributed by atoms with Crippen LogP contribution in [0.3, 0.4) is 0 Å². The fourth-order valence-electron chi connectivity index (χ4n) is 1.84. The number of carbonyl (C=O) groups is 2. The number of amides is 1. The molecule has 0 spiro atoms. The highest BCUT2D eigenvalue weighted by molar-refractivity contribution is 8.00. The summed E-state index contributed by atoms with van der Waals surface area (Å²) in [7, 11) is 0. The first-order valence-electron chi connectivity index (χ1n) is 5.71. The monoisotopic (exact) mass is 259 g/mol. The van der Waals surface area contributed by atoms with Crippen LogP contribution in [0.1, 0.15) is 23.7 Å². The number of Topliss-reactive ketones (excluding diaryl/α,β-unsaturated/α-hetero) is 1. The fourth-order valence-corrected chi connectivity index (χ4v) is 2.76. The maximum atomic E-state index is 11.8. The van der Waals surface area contributed by atoms with E-state index in [4.69, 9.17) is 6.42 Å². The van der Waals surface area contributed by atoms with Gasteiger partial charge in [0, 0.05) is 16.9 Å². The van der Waals surface area contributed by atoms with Crippen molar-refractivity contribution < 1.29 is 9.59 Å². The van der Waals surface area contributed by atoms with Crippen molar-refractivity contribution in [2.75, 3.05) is 17.2 Å². The number of terminal acetylenes is 1. The summed E-state index contributed by atoms with van der Waals surface area (Å²) in [5.41, 5.74) is 1.39. The van der Waals surface area contributed by atoms with E-state index in [1.54, 1.807) is 11.0 Å². The van der Waals surface area contributed by atoms with Crippen molar-refractivity contribution in [3.05, 3.63) is 23.8 Å². The molecule has 2 rings (SSSR count). The summed E-state index contributed by atoms with van der Waals surface area (Å²) < 4.78 is 0. The molecule has 3 nitrogen and oxygen atoms in total. The molecule has 1 aliphatic heterocycles. The lowest BCUT2D eigenvalue weighted by Crippen LogP contribution is -2.35. The summed E-state index contributed by atoms with van der Waals surface area (Å²) in [6.45, 7) is 2.07. The molecule has 1 aromatic rings. The zero-order chi connectivity index (χ0) is 13.1. The summed E-state index contributed by atoms with van der Waals surface area (Å²) in [6, 6.07) is 5.46. The van der Waals surface area contributed by atoms with Crippen molar-refractivity contribution in [3.8, 4) is 12.3 Å². The van der Waals surface area contributed by atoms with Crippen LogP contribution in [0, 0.1) is 12.3 Å². The third-order valence-corrected chi connectivity index (χ3v) is 3.84. The molecule has 0 fully saturated rings. The van der Waals surface area contributed by atoms with Crippen LogP contribution >= 0.6 is 11.8 Å². The van der Waals surface area contributed by atoms with E-state index in [0.29, 0.717) is 17.7 Å². The highest BCUT2D eigenvalue weighted by Gasteiger charge is 2.24. The van der Waals surface area contributed by atoms with Gasteiger partial charge in [-0.05, 0) is 12.1 Å². The Balaban J connectivity index is 2.45. The standard InChI is InChI=1S/C14H13NO2S/c1-3-7-15-11-8-10(12(16)4-2)5-6-13(11)18-9-14(15)17/h1,5-6,8H,4,7,9H2,2H3. The van der Waals surface area contributed by atoms with Gasteiger partial charge in [-0.1, -0.05) is 18.9 Å². The smallest absolute Gasteiger partial charge is 0.238 e. The molecular formula is C14H13NO2S. The van der Waals surface area contributed by atoms with Crippen LogP contribution in [-0.4, -0.2) is 24.0 Å². The molecule has 0 aromatic heterocycles. The Bertz CT molecular complexity index is 545. The van der Waals surface area contributed by atoms with Gasteiger partial charge in [-0.25, -0.2) is 0 Å². The number of ketones is 1. The van der Waals surface area contributed by atoms with Crippen LogP contribution in [-0.2, 0) is 4.79 Å². The Morgan fingerprint density at radius 2 is 2.33 bits per heavy atom. The Labute approximate surface area is 111 Å². The van der Waals surface area contributed by atoms with Crippen LogP contribution in [0.4, 0.5) is 5.69 Å². The Morgan fingerprint density at radius 1 is 1.56 bits per heavy atom. The molecule has 1 amide bonds. The highest BCUT2D eigenvalue weighted by Crippen LogP contribution is 2.35. The van der Waals surface area contributed by atoms with E-state index in [1.165, 1.54) is 11.8 Å². The van der Waals surface area contributed by atoms with Gasteiger partial charge in [0.25, 0.3) is 0 Å². The minimum Gasteiger partial charge on any atom is -0.299 e. The van der Waals surface area contributed by atoms with Gasteiger partial charge in [0.1, 0.15) is 0 Å². The number of anilines is 1. The number of nitrogens with zero attached hydrogens (tertiary/aromatic N) is 1. The first kappa shape index (κ1) is 12.7. The highest BCUT2D eigenvalue weighted by atomic mass is 32.2. The zero-order valence-electron chi connectivity index (χ0n) is 10.1. The molecule has 92 valence electrons. The average molecular weight is 259 g/mol. The number of carbonyl (C=O) groups excluding carboxylic acids is 2. The SMILES string of the molecule is C#CCN1C(=O)CSc2ccc(C(=O)CC)cc21. The lowest BCUT2D eigenvalue weighted by Gasteiger charge is -2.27. The number of fused-ring (bicyclic) bond motifs is 1. The first-order chi connectivity index (χ1) is 8.67. The molecule has 1 aromatic carbocycles. The first-order valence-corrected chi connectivity index (χ1v) is 6.69. The van der Waals surface area contributed by atoms with Crippen molar-refractivity contribution in [1.82, 2.24) is 0 Å². The van der Waals surface area contributed by atoms with Crippen molar-refractivity contribution in [1.29, 1.82) is 0 Å². The summed E-state index contributed by atoms with van der Waals surface area (Å²) in [5, 5.41) is 0. The summed E-state index contributed by atoms with van der Waals surface area (Å²) in [5.74, 6) is 2.94. The molecule has 0 N–H and O–H groups in total. The van der Waals surface area contributed by atoms with Crippen molar-refractivity contribution in [2.24, 2.45) is 0 Å². The van der Waals surface area contributed by atoms with Gasteiger partial charge in [-0.15, -0.1) is 18.2 Å². The van der Waals surface area contributed by atoms with Gasteiger partial charge < -0.3 is 0 Å². The maximum absolute atomic E-state index is 11.8. The van der Waals surface area contributed by atoms with Gasteiger partial charge in [-0.2, -0.15) is 0 Å². The molecule has 1 heterocycles. The molecule has 0 atom stereocenters. The molecule has 0 saturated carbocycles. The van der Waals surface area contributed by atoms with E-state index in [-0.39, 0.29) is 18.2 Å². The minimum absolute atomic E-state index is 0.00783. The van der Waals surface area contributed by atoms with Crippen molar-refractivity contribution in [3.63, 3.8) is 0 Å². The lowest BCUT2D eigenvalue weighted by molar-refractivity contribution is -0.116. The van der Waals surface area contributed by atoms with Crippen LogP contribution in [0.25, 0.3) is 0 Å². The Hall–Kier alpha value is -1.73. The molecule has 18 heavy (non-hydrogen) atoms. The molecule has 0 bridgehead atoms. The molecule has 4 heteroatoms. The number of hydrogen-bond donors (Lipinski definition) is 0. The van der Waals surface area contributed by atoms with E-state index in [1.807, 2.05) is 19.1 Å². The van der Waals surface area contributed by atoms with Crippen molar-refractivity contribution in [2.45, 2.75) is 18.2 Å². The third kappa shape index (κ3) is 2.27. The number of hydrogen-bond acceptors (Lipinski definition) is 3. The predicted molar refractivity (Wildman–Crippen MR) is 73.0 cm³/mol. The Kier molecular flexibility index (Phi) is 3.73. The van der Waals surface area contributed by atoms with Crippen molar-refractivity contribution >= 4 is 29.1 Å². The molecular weight excluding hydrogens is 246 g/mol. The summed E-state index contributed by atoms with van der Waals surface area (Å²) >= 11 is 1.48. The van der Waals surface area contributed by atoms with E-state index >= 15 is 0 Å². The number of benzene rings is 1. The lowest BCUT2D eigenvalue weighted by atomic mass is 10.1. The Morgan fingerprint density at radius 3 is 3.00 bits per heavy atom. The van der Waals surface area contributed by atoms with E-state index in [2.05, 4.69) is 5.92 Å². The topological polar surface area (TPSA) is 37.4 Å². The normalized spacial score (nSPS) is 14.0. The molecule has 0 aliphatic carbocycles. The van der Waals surface area contributed by atoms with E-state index in [0.717, 1.165) is 10.6 Å². The van der Waals surface area contributed by atoms with Crippen LogP contribution in [0.2, 0.25) is 0 Å². The van der Waals surface area contributed by atoms with Crippen LogP contribution < -0.4 is 4.90 Å². The number of thioether (sulfide) groups is 1. The van der Waals surface area contributed by atoms with Gasteiger partial charge >= 0.3 is 0 Å². The average Bonchev–Trinajstić information content (AvgIpc) is 2.40. The van der Waals surface area contributed by atoms with E-state index in [9.17, 15) is 9.59 Å².